The monoisotopic (exact) mass is 397 g/mol. The van der Waals surface area contributed by atoms with Gasteiger partial charge in [0.2, 0.25) is 0 Å². The molecule has 0 aliphatic rings. The number of rotatable bonds is 4. The van der Waals surface area contributed by atoms with E-state index in [2.05, 4.69) is 31.9 Å². The van der Waals surface area contributed by atoms with Crippen molar-refractivity contribution in [3.8, 4) is 11.8 Å². The Hall–Kier alpha value is -1.38. The molecule has 2 nitrogen and oxygen atoms in total. The lowest BCUT2D eigenvalue weighted by Crippen LogP contribution is -2.01. The molecule has 0 fully saturated rings. The molecule has 0 N–H and O–H groups in total. The minimum absolute atomic E-state index is 0.155. The third-order valence-corrected chi connectivity index (χ3v) is 3.83. The Balaban J connectivity index is 2.21. The van der Waals surface area contributed by atoms with Crippen molar-refractivity contribution in [2.75, 3.05) is 0 Å². The molecule has 102 valence electrons. The molecule has 0 heterocycles. The average Bonchev–Trinajstić information content (AvgIpc) is 2.46. The van der Waals surface area contributed by atoms with Crippen LogP contribution < -0.4 is 4.74 Å². The highest BCUT2D eigenvalue weighted by molar-refractivity contribution is 9.10. The summed E-state index contributed by atoms with van der Waals surface area (Å²) in [6, 6.07) is 11.7. The summed E-state index contributed by atoms with van der Waals surface area (Å²) >= 11 is 6.79. The lowest BCUT2D eigenvalue weighted by atomic mass is 10.1. The van der Waals surface area contributed by atoms with E-state index in [0.717, 1.165) is 10.0 Å². The summed E-state index contributed by atoms with van der Waals surface area (Å²) in [5.74, 6) is 0.331. The van der Waals surface area contributed by atoms with Gasteiger partial charge in [-0.25, -0.2) is 4.39 Å². The summed E-state index contributed by atoms with van der Waals surface area (Å²) in [4.78, 5) is 0. The third-order valence-electron chi connectivity index (χ3n) is 2.74. The first-order valence-electron chi connectivity index (χ1n) is 5.79. The maximum Gasteiger partial charge on any atom is 0.123 e. The van der Waals surface area contributed by atoms with Crippen molar-refractivity contribution in [1.82, 2.24) is 0 Å². The number of alkyl halides is 1. The van der Waals surface area contributed by atoms with Gasteiger partial charge >= 0.3 is 0 Å². The van der Waals surface area contributed by atoms with Crippen LogP contribution in [0.5, 0.6) is 5.75 Å². The van der Waals surface area contributed by atoms with Gasteiger partial charge < -0.3 is 4.74 Å². The molecule has 0 unspecified atom stereocenters. The van der Waals surface area contributed by atoms with Gasteiger partial charge in [-0.2, -0.15) is 5.26 Å². The number of hydrogen-bond donors (Lipinski definition) is 0. The van der Waals surface area contributed by atoms with Crippen LogP contribution in [0.1, 0.15) is 16.7 Å². The van der Waals surface area contributed by atoms with E-state index >= 15 is 0 Å². The molecule has 2 aromatic carbocycles. The molecular formula is C15H10Br2FNO. The second kappa shape index (κ2) is 6.87. The Morgan fingerprint density at radius 3 is 2.65 bits per heavy atom. The predicted octanol–water partition coefficient (Wildman–Crippen LogP) is 4.93. The quantitative estimate of drug-likeness (QED) is 0.683. The van der Waals surface area contributed by atoms with Gasteiger partial charge in [0, 0.05) is 20.9 Å². The molecule has 0 aliphatic heterocycles. The zero-order chi connectivity index (χ0) is 14.5. The first kappa shape index (κ1) is 15.0. The van der Waals surface area contributed by atoms with Crippen molar-refractivity contribution in [1.29, 1.82) is 5.26 Å². The van der Waals surface area contributed by atoms with Crippen LogP contribution in [0.2, 0.25) is 0 Å². The first-order valence-corrected chi connectivity index (χ1v) is 7.71. The number of hydrogen-bond acceptors (Lipinski definition) is 2. The summed E-state index contributed by atoms with van der Waals surface area (Å²) in [7, 11) is 0. The summed E-state index contributed by atoms with van der Waals surface area (Å²) < 4.78 is 19.9. The topological polar surface area (TPSA) is 33.0 Å². The fourth-order valence-corrected chi connectivity index (χ4v) is 2.59. The molecule has 20 heavy (non-hydrogen) atoms. The molecular weight excluding hydrogens is 389 g/mol. The van der Waals surface area contributed by atoms with E-state index in [1.54, 1.807) is 0 Å². The normalized spacial score (nSPS) is 10.1. The number of ether oxygens (including phenoxy) is 1. The van der Waals surface area contributed by atoms with Crippen LogP contribution in [0.3, 0.4) is 0 Å². The fraction of sp³-hybridized carbons (Fsp3) is 0.133. The maximum absolute atomic E-state index is 13.2. The Morgan fingerprint density at radius 1 is 1.15 bits per heavy atom. The minimum atomic E-state index is -0.376. The van der Waals surface area contributed by atoms with Crippen LogP contribution in [-0.4, -0.2) is 0 Å². The molecule has 2 rings (SSSR count). The zero-order valence-corrected chi connectivity index (χ0v) is 13.5. The molecule has 0 radical (unpaired) electrons. The van der Waals surface area contributed by atoms with Gasteiger partial charge in [0.15, 0.2) is 0 Å². The molecule has 0 aromatic heterocycles. The van der Waals surface area contributed by atoms with E-state index in [9.17, 15) is 4.39 Å². The second-order valence-corrected chi connectivity index (χ2v) is 5.56. The molecule has 0 atom stereocenters. The molecule has 2 aromatic rings. The van der Waals surface area contributed by atoms with Crippen LogP contribution >= 0.6 is 31.9 Å². The van der Waals surface area contributed by atoms with Crippen molar-refractivity contribution in [2.45, 2.75) is 11.9 Å². The highest BCUT2D eigenvalue weighted by Gasteiger charge is 2.07. The molecule has 0 bridgehead atoms. The van der Waals surface area contributed by atoms with Crippen LogP contribution in [0.15, 0.2) is 40.9 Å². The summed E-state index contributed by atoms with van der Waals surface area (Å²) in [5, 5.41) is 9.65. The van der Waals surface area contributed by atoms with Gasteiger partial charge in [-0.3, -0.25) is 0 Å². The summed E-state index contributed by atoms with van der Waals surface area (Å²) in [5.41, 5.74) is 1.94. The van der Waals surface area contributed by atoms with Crippen molar-refractivity contribution in [3.05, 3.63) is 63.4 Å². The van der Waals surface area contributed by atoms with Crippen molar-refractivity contribution >= 4 is 31.9 Å². The van der Waals surface area contributed by atoms with Gasteiger partial charge in [-0.05, 0) is 36.4 Å². The highest BCUT2D eigenvalue weighted by atomic mass is 79.9. The van der Waals surface area contributed by atoms with E-state index < -0.39 is 0 Å². The zero-order valence-electron chi connectivity index (χ0n) is 10.4. The Labute approximate surface area is 133 Å². The first-order chi connectivity index (χ1) is 9.63. The molecule has 5 heteroatoms. The van der Waals surface area contributed by atoms with E-state index in [4.69, 9.17) is 10.00 Å². The molecule has 0 spiro atoms. The van der Waals surface area contributed by atoms with Crippen LogP contribution in [0, 0.1) is 17.1 Å². The van der Waals surface area contributed by atoms with Crippen LogP contribution in [-0.2, 0) is 11.9 Å². The van der Waals surface area contributed by atoms with Crippen LogP contribution in [0.4, 0.5) is 4.39 Å². The van der Waals surface area contributed by atoms with Gasteiger partial charge in [-0.15, -0.1) is 0 Å². The third kappa shape index (κ3) is 3.59. The standard InChI is InChI=1S/C15H10Br2FNO/c16-7-11-5-13(17)2-4-15(11)20-9-12-6-14(18)3-1-10(12)8-19/h1-6H,7,9H2. The summed E-state index contributed by atoms with van der Waals surface area (Å²) in [6.45, 7) is 0.155. The van der Waals surface area contributed by atoms with E-state index in [1.807, 2.05) is 24.3 Å². The highest BCUT2D eigenvalue weighted by Crippen LogP contribution is 2.26. The lowest BCUT2D eigenvalue weighted by Gasteiger charge is -2.11. The van der Waals surface area contributed by atoms with E-state index in [0.29, 0.717) is 22.2 Å². The largest absolute Gasteiger partial charge is 0.489 e. The number of nitrogens with zero attached hydrogens (tertiary/aromatic N) is 1. The Bertz CT molecular complexity index is 667. The number of halogens is 3. The molecule has 0 aliphatic carbocycles. The predicted molar refractivity (Wildman–Crippen MR) is 82.2 cm³/mol. The van der Waals surface area contributed by atoms with Gasteiger partial charge in [0.1, 0.15) is 18.2 Å². The van der Waals surface area contributed by atoms with Gasteiger partial charge in [0.25, 0.3) is 0 Å². The average molecular weight is 399 g/mol. The maximum atomic E-state index is 13.2. The van der Waals surface area contributed by atoms with Crippen molar-refractivity contribution in [2.24, 2.45) is 0 Å². The van der Waals surface area contributed by atoms with Gasteiger partial charge in [0.05, 0.1) is 11.6 Å². The SMILES string of the molecule is N#Cc1ccc(F)cc1COc1ccc(Br)cc1CBr. The van der Waals surface area contributed by atoms with Crippen LogP contribution in [0.25, 0.3) is 0 Å². The van der Waals surface area contributed by atoms with E-state index in [-0.39, 0.29) is 12.4 Å². The minimum Gasteiger partial charge on any atom is -0.489 e. The molecule has 0 amide bonds. The fourth-order valence-electron chi connectivity index (χ4n) is 1.74. The lowest BCUT2D eigenvalue weighted by molar-refractivity contribution is 0.303. The summed E-state index contributed by atoms with van der Waals surface area (Å²) in [6.07, 6.45) is 0. The Kier molecular flexibility index (Phi) is 5.16. The van der Waals surface area contributed by atoms with Crippen molar-refractivity contribution < 1.29 is 9.13 Å². The molecule has 0 saturated carbocycles. The number of benzene rings is 2. The van der Waals surface area contributed by atoms with E-state index in [1.165, 1.54) is 18.2 Å². The number of nitriles is 1. The second-order valence-electron chi connectivity index (χ2n) is 4.09. The Morgan fingerprint density at radius 2 is 1.95 bits per heavy atom. The van der Waals surface area contributed by atoms with Gasteiger partial charge in [-0.1, -0.05) is 31.9 Å². The smallest absolute Gasteiger partial charge is 0.123 e. The van der Waals surface area contributed by atoms with Crippen molar-refractivity contribution in [3.63, 3.8) is 0 Å². The molecule has 0 saturated heterocycles.